The molecule has 0 spiro atoms. The summed E-state index contributed by atoms with van der Waals surface area (Å²) < 4.78 is 15.7. The summed E-state index contributed by atoms with van der Waals surface area (Å²) in [6.07, 6.45) is 7.57. The van der Waals surface area contributed by atoms with Gasteiger partial charge in [0.05, 0.1) is 6.20 Å². The first-order chi connectivity index (χ1) is 9.74. The SMILES string of the molecule is CCCCCn1cc(-c2ccc(CCO)c(F)c2)cn1. The number of halogens is 1. The largest absolute Gasteiger partial charge is 0.396 e. The summed E-state index contributed by atoms with van der Waals surface area (Å²) >= 11 is 0. The number of hydrogen-bond acceptors (Lipinski definition) is 2. The Kier molecular flexibility index (Phi) is 5.30. The first-order valence-corrected chi connectivity index (χ1v) is 7.16. The summed E-state index contributed by atoms with van der Waals surface area (Å²) in [6, 6.07) is 5.12. The van der Waals surface area contributed by atoms with Crippen molar-refractivity contribution in [1.29, 1.82) is 0 Å². The molecule has 1 heterocycles. The van der Waals surface area contributed by atoms with E-state index in [2.05, 4.69) is 12.0 Å². The second-order valence-corrected chi connectivity index (χ2v) is 4.98. The first kappa shape index (κ1) is 14.7. The van der Waals surface area contributed by atoms with Crippen molar-refractivity contribution in [3.8, 4) is 11.1 Å². The molecule has 0 radical (unpaired) electrons. The van der Waals surface area contributed by atoms with Crippen molar-refractivity contribution in [3.05, 3.63) is 42.0 Å². The molecular weight excluding hydrogens is 255 g/mol. The van der Waals surface area contributed by atoms with Crippen LogP contribution < -0.4 is 0 Å². The number of aromatic nitrogens is 2. The Morgan fingerprint density at radius 1 is 1.25 bits per heavy atom. The summed E-state index contributed by atoms with van der Waals surface area (Å²) in [6.45, 7) is 3.04. The maximum Gasteiger partial charge on any atom is 0.127 e. The smallest absolute Gasteiger partial charge is 0.127 e. The summed E-state index contributed by atoms with van der Waals surface area (Å²) in [5, 5.41) is 13.2. The average molecular weight is 276 g/mol. The third-order valence-corrected chi connectivity index (χ3v) is 3.39. The van der Waals surface area contributed by atoms with Crippen LogP contribution in [0.25, 0.3) is 11.1 Å². The van der Waals surface area contributed by atoms with Crippen molar-refractivity contribution in [2.75, 3.05) is 6.61 Å². The normalized spacial score (nSPS) is 10.9. The van der Waals surface area contributed by atoms with Crippen molar-refractivity contribution >= 4 is 0 Å². The van der Waals surface area contributed by atoms with E-state index in [0.717, 1.165) is 24.1 Å². The Labute approximate surface area is 119 Å². The van der Waals surface area contributed by atoms with Gasteiger partial charge in [0.15, 0.2) is 0 Å². The zero-order valence-corrected chi connectivity index (χ0v) is 11.8. The molecule has 0 bridgehead atoms. The van der Waals surface area contributed by atoms with Gasteiger partial charge in [0.1, 0.15) is 5.82 Å². The molecule has 2 rings (SSSR count). The highest BCUT2D eigenvalue weighted by molar-refractivity contribution is 5.62. The number of aliphatic hydroxyl groups is 1. The maximum absolute atomic E-state index is 13.8. The van der Waals surface area contributed by atoms with Gasteiger partial charge in [-0.25, -0.2) is 4.39 Å². The van der Waals surface area contributed by atoms with Crippen molar-refractivity contribution in [3.63, 3.8) is 0 Å². The second-order valence-electron chi connectivity index (χ2n) is 4.98. The van der Waals surface area contributed by atoms with Crippen molar-refractivity contribution < 1.29 is 9.50 Å². The summed E-state index contributed by atoms with van der Waals surface area (Å²) in [5.41, 5.74) is 2.30. The number of benzene rings is 1. The van der Waals surface area contributed by atoms with E-state index in [1.54, 1.807) is 12.3 Å². The fourth-order valence-electron chi connectivity index (χ4n) is 2.21. The van der Waals surface area contributed by atoms with Gasteiger partial charge < -0.3 is 5.11 Å². The van der Waals surface area contributed by atoms with E-state index in [4.69, 9.17) is 5.11 Å². The van der Waals surface area contributed by atoms with Crippen LogP contribution in [0.3, 0.4) is 0 Å². The molecule has 3 nitrogen and oxygen atoms in total. The highest BCUT2D eigenvalue weighted by atomic mass is 19.1. The molecule has 4 heteroatoms. The van der Waals surface area contributed by atoms with E-state index in [1.807, 2.05) is 16.9 Å². The van der Waals surface area contributed by atoms with Crippen LogP contribution in [-0.4, -0.2) is 21.5 Å². The Balaban J connectivity index is 2.09. The Hall–Kier alpha value is -1.68. The van der Waals surface area contributed by atoms with Gasteiger partial charge in [-0.1, -0.05) is 31.9 Å². The molecule has 2 aromatic rings. The lowest BCUT2D eigenvalue weighted by atomic mass is 10.1. The number of nitrogens with zero attached hydrogens (tertiary/aromatic N) is 2. The topological polar surface area (TPSA) is 38.0 Å². The second kappa shape index (κ2) is 7.20. The summed E-state index contributed by atoms with van der Waals surface area (Å²) in [5.74, 6) is -0.268. The highest BCUT2D eigenvalue weighted by Gasteiger charge is 2.06. The van der Waals surface area contributed by atoms with Gasteiger partial charge in [-0.2, -0.15) is 5.10 Å². The zero-order valence-electron chi connectivity index (χ0n) is 11.8. The number of aryl methyl sites for hydroxylation is 1. The standard InChI is InChI=1S/C16H21FN2O/c1-2-3-4-8-19-12-15(11-18-19)14-6-5-13(7-9-20)16(17)10-14/h5-6,10-12,20H,2-4,7-9H2,1H3. The lowest BCUT2D eigenvalue weighted by molar-refractivity contribution is 0.297. The van der Waals surface area contributed by atoms with Crippen molar-refractivity contribution in [2.45, 2.75) is 39.2 Å². The molecule has 1 aromatic carbocycles. The fourth-order valence-corrected chi connectivity index (χ4v) is 2.21. The average Bonchev–Trinajstić information content (AvgIpc) is 2.90. The minimum Gasteiger partial charge on any atom is -0.396 e. The summed E-state index contributed by atoms with van der Waals surface area (Å²) in [4.78, 5) is 0. The van der Waals surface area contributed by atoms with Crippen LogP contribution in [0.4, 0.5) is 4.39 Å². The number of unbranched alkanes of at least 4 members (excludes halogenated alkanes) is 2. The molecule has 0 fully saturated rings. The van der Waals surface area contributed by atoms with Crippen LogP contribution in [-0.2, 0) is 13.0 Å². The molecule has 0 aliphatic heterocycles. The lowest BCUT2D eigenvalue weighted by Crippen LogP contribution is -1.97. The van der Waals surface area contributed by atoms with Crippen LogP contribution >= 0.6 is 0 Å². The Morgan fingerprint density at radius 3 is 2.80 bits per heavy atom. The van der Waals surface area contributed by atoms with Gasteiger partial charge in [-0.15, -0.1) is 0 Å². The predicted molar refractivity (Wildman–Crippen MR) is 77.9 cm³/mol. The highest BCUT2D eigenvalue weighted by Crippen LogP contribution is 2.22. The van der Waals surface area contributed by atoms with Crippen LogP contribution in [0.5, 0.6) is 0 Å². The van der Waals surface area contributed by atoms with E-state index >= 15 is 0 Å². The van der Waals surface area contributed by atoms with Gasteiger partial charge in [-0.3, -0.25) is 4.68 Å². The molecule has 0 amide bonds. The van der Waals surface area contributed by atoms with E-state index in [9.17, 15) is 4.39 Å². The minimum atomic E-state index is -0.268. The van der Waals surface area contributed by atoms with Crippen molar-refractivity contribution in [2.24, 2.45) is 0 Å². The van der Waals surface area contributed by atoms with Crippen LogP contribution in [0.15, 0.2) is 30.6 Å². The number of aliphatic hydroxyl groups excluding tert-OH is 1. The maximum atomic E-state index is 13.8. The molecule has 1 aromatic heterocycles. The van der Waals surface area contributed by atoms with Gasteiger partial charge in [-0.05, 0) is 30.0 Å². The molecule has 0 atom stereocenters. The van der Waals surface area contributed by atoms with Gasteiger partial charge in [0.2, 0.25) is 0 Å². The van der Waals surface area contributed by atoms with E-state index in [1.165, 1.54) is 18.9 Å². The number of rotatable bonds is 7. The fraction of sp³-hybridized carbons (Fsp3) is 0.438. The summed E-state index contributed by atoms with van der Waals surface area (Å²) in [7, 11) is 0. The van der Waals surface area contributed by atoms with E-state index < -0.39 is 0 Å². The monoisotopic (exact) mass is 276 g/mol. The third-order valence-electron chi connectivity index (χ3n) is 3.39. The molecular formula is C16H21FN2O. The van der Waals surface area contributed by atoms with Gasteiger partial charge in [0, 0.05) is 24.9 Å². The minimum absolute atomic E-state index is 0.0361. The molecule has 0 aliphatic carbocycles. The first-order valence-electron chi connectivity index (χ1n) is 7.16. The molecule has 0 saturated carbocycles. The number of hydrogen-bond donors (Lipinski definition) is 1. The molecule has 0 aliphatic rings. The van der Waals surface area contributed by atoms with Gasteiger partial charge in [0.25, 0.3) is 0 Å². The Bertz CT molecular complexity index is 551. The predicted octanol–water partition coefficient (Wildman–Crippen LogP) is 3.41. The molecule has 108 valence electrons. The van der Waals surface area contributed by atoms with Crippen LogP contribution in [0.1, 0.15) is 31.7 Å². The van der Waals surface area contributed by atoms with Crippen molar-refractivity contribution in [1.82, 2.24) is 9.78 Å². The van der Waals surface area contributed by atoms with Gasteiger partial charge >= 0.3 is 0 Å². The van der Waals surface area contributed by atoms with Crippen LogP contribution in [0.2, 0.25) is 0 Å². The molecule has 0 saturated heterocycles. The van der Waals surface area contributed by atoms with E-state index in [0.29, 0.717) is 12.0 Å². The lowest BCUT2D eigenvalue weighted by Gasteiger charge is -2.03. The molecule has 20 heavy (non-hydrogen) atoms. The quantitative estimate of drug-likeness (QED) is 0.787. The molecule has 1 N–H and O–H groups in total. The third kappa shape index (κ3) is 3.67. The Morgan fingerprint density at radius 2 is 2.10 bits per heavy atom. The van der Waals surface area contributed by atoms with E-state index in [-0.39, 0.29) is 12.4 Å². The molecule has 0 unspecified atom stereocenters. The zero-order chi connectivity index (χ0) is 14.4. The van der Waals surface area contributed by atoms with Crippen LogP contribution in [0, 0.1) is 5.82 Å².